The highest BCUT2D eigenvalue weighted by Crippen LogP contribution is 2.56. The van der Waals surface area contributed by atoms with Gasteiger partial charge in [0.2, 0.25) is 0 Å². The van der Waals surface area contributed by atoms with Gasteiger partial charge in [-0.3, -0.25) is 4.79 Å². The fourth-order valence-corrected chi connectivity index (χ4v) is 3.43. The summed E-state index contributed by atoms with van der Waals surface area (Å²) >= 11 is 0. The number of carbonyl (C=O) groups excluding carboxylic acids is 1. The van der Waals surface area contributed by atoms with Crippen molar-refractivity contribution in [3.63, 3.8) is 0 Å². The molecule has 0 aromatic heterocycles. The molecule has 0 aromatic carbocycles. The average molecular weight is 248 g/mol. The van der Waals surface area contributed by atoms with E-state index >= 15 is 0 Å². The summed E-state index contributed by atoms with van der Waals surface area (Å²) in [5.74, 6) is 0.251. The summed E-state index contributed by atoms with van der Waals surface area (Å²) in [6.07, 6.45) is 9.13. The Morgan fingerprint density at radius 3 is 2.39 bits per heavy atom. The zero-order valence-corrected chi connectivity index (χ0v) is 11.9. The van der Waals surface area contributed by atoms with Gasteiger partial charge in [0.1, 0.15) is 0 Å². The van der Waals surface area contributed by atoms with Crippen LogP contribution in [0.25, 0.3) is 0 Å². The number of allylic oxidation sites excluding steroid dienone is 3. The molecule has 0 saturated carbocycles. The van der Waals surface area contributed by atoms with Crippen LogP contribution < -0.4 is 0 Å². The molecule has 0 spiro atoms. The molecular formula is C16H24O2. The molecule has 0 heterocycles. The Morgan fingerprint density at radius 1 is 1.22 bits per heavy atom. The first kappa shape index (κ1) is 13.5. The Morgan fingerprint density at radius 2 is 1.89 bits per heavy atom. The molecule has 0 fully saturated rings. The highest BCUT2D eigenvalue weighted by molar-refractivity contribution is 5.94. The molecule has 0 unspecified atom stereocenters. The van der Waals surface area contributed by atoms with E-state index in [1.807, 2.05) is 19.1 Å². The van der Waals surface area contributed by atoms with E-state index in [-0.39, 0.29) is 16.6 Å². The van der Waals surface area contributed by atoms with E-state index in [4.69, 9.17) is 0 Å². The second-order valence-corrected chi connectivity index (χ2v) is 6.61. The first-order valence-corrected chi connectivity index (χ1v) is 6.89. The molecule has 0 aromatic rings. The maximum Gasteiger partial charge on any atom is 0.156 e. The van der Waals surface area contributed by atoms with Crippen molar-refractivity contribution < 1.29 is 9.90 Å². The molecule has 0 saturated heterocycles. The third kappa shape index (κ3) is 1.97. The number of ketones is 1. The van der Waals surface area contributed by atoms with Gasteiger partial charge in [-0.2, -0.15) is 0 Å². The van der Waals surface area contributed by atoms with Gasteiger partial charge in [0, 0.05) is 11.8 Å². The van der Waals surface area contributed by atoms with E-state index in [9.17, 15) is 9.90 Å². The summed E-state index contributed by atoms with van der Waals surface area (Å²) in [7, 11) is 0. The third-order valence-electron chi connectivity index (χ3n) is 5.17. The number of hydrogen-bond acceptors (Lipinski definition) is 2. The largest absolute Gasteiger partial charge is 0.386 e. The highest BCUT2D eigenvalue weighted by Gasteiger charge is 2.50. The van der Waals surface area contributed by atoms with Gasteiger partial charge < -0.3 is 5.11 Å². The molecule has 18 heavy (non-hydrogen) atoms. The minimum absolute atomic E-state index is 0.0246. The predicted octanol–water partition coefficient (Wildman–Crippen LogP) is 3.41. The van der Waals surface area contributed by atoms with Crippen molar-refractivity contribution in [2.75, 3.05) is 0 Å². The molecule has 2 aliphatic rings. The molecule has 2 nitrogen and oxygen atoms in total. The van der Waals surface area contributed by atoms with Crippen LogP contribution in [0, 0.1) is 10.8 Å². The lowest BCUT2D eigenvalue weighted by molar-refractivity contribution is -0.116. The van der Waals surface area contributed by atoms with Gasteiger partial charge in [-0.1, -0.05) is 38.5 Å². The van der Waals surface area contributed by atoms with Gasteiger partial charge in [0.05, 0.1) is 5.60 Å². The zero-order chi connectivity index (χ0) is 13.6. The smallest absolute Gasteiger partial charge is 0.156 e. The fourth-order valence-electron chi connectivity index (χ4n) is 3.43. The fraction of sp³-hybridized carbons (Fsp3) is 0.688. The number of carbonyl (C=O) groups is 1. The van der Waals surface area contributed by atoms with Crippen LogP contribution in [0.1, 0.15) is 53.4 Å². The molecule has 3 atom stereocenters. The highest BCUT2D eigenvalue weighted by atomic mass is 16.3. The van der Waals surface area contributed by atoms with Crippen molar-refractivity contribution in [3.05, 3.63) is 23.8 Å². The average Bonchev–Trinajstić information content (AvgIpc) is 2.60. The van der Waals surface area contributed by atoms with Crippen LogP contribution in [-0.2, 0) is 4.79 Å². The van der Waals surface area contributed by atoms with Crippen molar-refractivity contribution in [1.29, 1.82) is 0 Å². The monoisotopic (exact) mass is 248 g/mol. The van der Waals surface area contributed by atoms with Crippen molar-refractivity contribution >= 4 is 5.78 Å². The lowest BCUT2D eigenvalue weighted by Gasteiger charge is -2.47. The molecular weight excluding hydrogens is 224 g/mol. The number of aliphatic hydroxyl groups is 1. The van der Waals surface area contributed by atoms with Crippen LogP contribution in [-0.4, -0.2) is 16.5 Å². The van der Waals surface area contributed by atoms with E-state index in [0.29, 0.717) is 6.42 Å². The SMILES string of the molecule is CCC1=CC(=O)C[C@]1(C)[C@]1(C)C=C[C@@](C)(O)CC1. The van der Waals surface area contributed by atoms with Crippen LogP contribution >= 0.6 is 0 Å². The van der Waals surface area contributed by atoms with E-state index in [0.717, 1.165) is 19.3 Å². The van der Waals surface area contributed by atoms with Crippen LogP contribution in [0.3, 0.4) is 0 Å². The lowest BCUT2D eigenvalue weighted by atomic mass is 9.57. The Hall–Kier alpha value is -0.890. The van der Waals surface area contributed by atoms with Crippen LogP contribution in [0.15, 0.2) is 23.8 Å². The Labute approximate surface area is 110 Å². The second-order valence-electron chi connectivity index (χ2n) is 6.61. The molecule has 0 amide bonds. The minimum atomic E-state index is -0.686. The Balaban J connectivity index is 2.37. The Kier molecular flexibility index (Phi) is 3.05. The van der Waals surface area contributed by atoms with Crippen molar-refractivity contribution in [2.24, 2.45) is 10.8 Å². The van der Waals surface area contributed by atoms with Crippen molar-refractivity contribution in [2.45, 2.75) is 59.0 Å². The standard InChI is InChI=1S/C16H24O2/c1-5-12-10-13(17)11-16(12,4)14(2)6-8-15(3,18)9-7-14/h6,8,10,18H,5,7,9,11H2,1-4H3/t14-,15-,16+/m1/s1. The van der Waals surface area contributed by atoms with E-state index < -0.39 is 5.60 Å². The predicted molar refractivity (Wildman–Crippen MR) is 73.2 cm³/mol. The topological polar surface area (TPSA) is 37.3 Å². The molecule has 2 rings (SSSR count). The van der Waals surface area contributed by atoms with E-state index in [2.05, 4.69) is 26.8 Å². The van der Waals surface area contributed by atoms with Crippen molar-refractivity contribution in [3.8, 4) is 0 Å². The molecule has 2 aliphatic carbocycles. The summed E-state index contributed by atoms with van der Waals surface area (Å²) in [5.41, 5.74) is 0.477. The summed E-state index contributed by atoms with van der Waals surface area (Å²) in [4.78, 5) is 11.8. The summed E-state index contributed by atoms with van der Waals surface area (Å²) in [5, 5.41) is 10.0. The van der Waals surface area contributed by atoms with Gasteiger partial charge in [0.15, 0.2) is 5.78 Å². The third-order valence-corrected chi connectivity index (χ3v) is 5.17. The summed E-state index contributed by atoms with van der Waals surface area (Å²) in [6.45, 7) is 8.40. The maximum absolute atomic E-state index is 11.8. The first-order chi connectivity index (χ1) is 8.22. The molecule has 2 heteroatoms. The molecule has 0 bridgehead atoms. The van der Waals surface area contributed by atoms with Gasteiger partial charge in [0.25, 0.3) is 0 Å². The van der Waals surface area contributed by atoms with Crippen molar-refractivity contribution in [1.82, 2.24) is 0 Å². The van der Waals surface area contributed by atoms with Crippen LogP contribution in [0.2, 0.25) is 0 Å². The summed E-state index contributed by atoms with van der Waals surface area (Å²) in [6, 6.07) is 0. The second kappa shape index (κ2) is 4.06. The quantitative estimate of drug-likeness (QED) is 0.760. The van der Waals surface area contributed by atoms with Crippen LogP contribution in [0.5, 0.6) is 0 Å². The summed E-state index contributed by atoms with van der Waals surface area (Å²) < 4.78 is 0. The zero-order valence-electron chi connectivity index (χ0n) is 11.9. The molecule has 0 aliphatic heterocycles. The van der Waals surface area contributed by atoms with E-state index in [1.165, 1.54) is 5.57 Å². The van der Waals surface area contributed by atoms with Gasteiger partial charge in [-0.25, -0.2) is 0 Å². The van der Waals surface area contributed by atoms with Crippen LogP contribution in [0.4, 0.5) is 0 Å². The first-order valence-electron chi connectivity index (χ1n) is 6.89. The Bertz CT molecular complexity index is 430. The molecule has 1 N–H and O–H groups in total. The van der Waals surface area contributed by atoms with E-state index in [1.54, 1.807) is 0 Å². The molecule has 100 valence electrons. The maximum atomic E-state index is 11.8. The number of hydrogen-bond donors (Lipinski definition) is 1. The van der Waals surface area contributed by atoms with Gasteiger partial charge in [-0.05, 0) is 37.7 Å². The van der Waals surface area contributed by atoms with Gasteiger partial charge in [-0.15, -0.1) is 0 Å². The molecule has 0 radical (unpaired) electrons. The van der Waals surface area contributed by atoms with Gasteiger partial charge >= 0.3 is 0 Å². The lowest BCUT2D eigenvalue weighted by Crippen LogP contribution is -2.41. The number of rotatable bonds is 2. The normalized spacial score (nSPS) is 44.3. The minimum Gasteiger partial charge on any atom is -0.386 e.